The molecule has 2 aromatic carbocycles. The van der Waals surface area contributed by atoms with Gasteiger partial charge in [-0.3, -0.25) is 9.69 Å². The monoisotopic (exact) mass is 494 g/mol. The lowest BCUT2D eigenvalue weighted by Crippen LogP contribution is -2.39. The fourth-order valence-corrected chi connectivity index (χ4v) is 6.43. The molecule has 0 N–H and O–H groups in total. The fraction of sp³-hybridized carbons (Fsp3) is 0.567. The molecule has 35 heavy (non-hydrogen) atoms. The molecule has 1 amide bonds. The van der Waals surface area contributed by atoms with Gasteiger partial charge in [-0.05, 0) is 80.9 Å². The molecule has 188 valence electrons. The summed E-state index contributed by atoms with van der Waals surface area (Å²) in [6.07, 6.45) is 11.9. The molecule has 5 rings (SSSR count). The third kappa shape index (κ3) is 6.21. The van der Waals surface area contributed by atoms with Gasteiger partial charge < -0.3 is 9.64 Å². The summed E-state index contributed by atoms with van der Waals surface area (Å²) < 4.78 is 5.98. The molecule has 0 spiro atoms. The highest BCUT2D eigenvalue weighted by atomic mass is 35.5. The van der Waals surface area contributed by atoms with Crippen LogP contribution in [0, 0.1) is 5.92 Å². The van der Waals surface area contributed by atoms with Crippen molar-refractivity contribution >= 4 is 17.5 Å². The lowest BCUT2D eigenvalue weighted by Gasteiger charge is -2.31. The van der Waals surface area contributed by atoms with Crippen molar-refractivity contribution < 1.29 is 9.53 Å². The molecule has 2 aliphatic heterocycles. The van der Waals surface area contributed by atoms with E-state index in [0.717, 1.165) is 60.0 Å². The Morgan fingerprint density at radius 1 is 0.857 bits per heavy atom. The molecule has 1 saturated carbocycles. The first kappa shape index (κ1) is 24.6. The van der Waals surface area contributed by atoms with Crippen LogP contribution >= 0.6 is 11.6 Å². The van der Waals surface area contributed by atoms with Gasteiger partial charge in [0, 0.05) is 35.6 Å². The molecule has 1 atom stereocenters. The van der Waals surface area contributed by atoms with Crippen LogP contribution in [0.4, 0.5) is 0 Å². The van der Waals surface area contributed by atoms with E-state index in [9.17, 15) is 4.79 Å². The van der Waals surface area contributed by atoms with Crippen molar-refractivity contribution in [1.82, 2.24) is 9.80 Å². The Labute approximate surface area is 215 Å². The Hall–Kier alpha value is -2.04. The number of carbonyl (C=O) groups excluding carboxylic acids is 1. The van der Waals surface area contributed by atoms with E-state index in [1.165, 1.54) is 64.5 Å². The van der Waals surface area contributed by atoms with Crippen molar-refractivity contribution in [2.45, 2.75) is 70.3 Å². The van der Waals surface area contributed by atoms with Crippen molar-refractivity contribution in [3.05, 3.63) is 53.1 Å². The van der Waals surface area contributed by atoms with Crippen molar-refractivity contribution in [1.29, 1.82) is 0 Å². The zero-order chi connectivity index (χ0) is 24.0. The number of piperidine rings is 1. The highest BCUT2D eigenvalue weighted by Gasteiger charge is 2.36. The Morgan fingerprint density at radius 2 is 1.60 bits per heavy atom. The topological polar surface area (TPSA) is 32.8 Å². The van der Waals surface area contributed by atoms with Crippen LogP contribution in [0.2, 0.25) is 5.02 Å². The van der Waals surface area contributed by atoms with Gasteiger partial charge in [-0.25, -0.2) is 0 Å². The van der Waals surface area contributed by atoms with E-state index in [1.54, 1.807) is 0 Å². The number of nitrogens with zero attached hydrogens (tertiary/aromatic N) is 2. The number of hydrogen-bond donors (Lipinski definition) is 0. The molecule has 5 heteroatoms. The van der Waals surface area contributed by atoms with Crippen LogP contribution in [-0.4, -0.2) is 54.5 Å². The fourth-order valence-electron chi connectivity index (χ4n) is 6.12. The van der Waals surface area contributed by atoms with E-state index < -0.39 is 0 Å². The summed E-state index contributed by atoms with van der Waals surface area (Å²) in [7, 11) is 0. The summed E-state index contributed by atoms with van der Waals surface area (Å²) in [6.45, 7) is 5.05. The van der Waals surface area contributed by atoms with Gasteiger partial charge in [-0.15, -0.1) is 0 Å². The van der Waals surface area contributed by atoms with Crippen LogP contribution in [0.3, 0.4) is 0 Å². The zero-order valence-electron chi connectivity index (χ0n) is 20.9. The summed E-state index contributed by atoms with van der Waals surface area (Å²) in [5.41, 5.74) is 3.27. The maximum Gasteiger partial charge on any atom is 0.226 e. The van der Waals surface area contributed by atoms with Crippen LogP contribution in [0.5, 0.6) is 5.75 Å². The third-order valence-corrected chi connectivity index (χ3v) is 8.48. The van der Waals surface area contributed by atoms with E-state index in [1.807, 2.05) is 12.1 Å². The second kappa shape index (κ2) is 11.8. The molecule has 0 bridgehead atoms. The molecule has 1 aliphatic carbocycles. The second-order valence-corrected chi connectivity index (χ2v) is 11.0. The molecule has 3 fully saturated rings. The minimum atomic E-state index is 0.0974. The standard InChI is InChI=1S/C30H39ClN2O2/c31-29-22-23(21-25-15-18-33(30(25)34)26-7-3-1-4-8-26)9-14-28(29)24-10-12-27(13-11-24)35-20-19-32-16-5-2-6-17-32/h9-14,22,25-26H,1-8,15-21H2. The van der Waals surface area contributed by atoms with E-state index in [2.05, 4.69) is 40.1 Å². The van der Waals surface area contributed by atoms with Gasteiger partial charge in [-0.1, -0.05) is 61.5 Å². The Bertz CT molecular complexity index is 980. The molecule has 0 radical (unpaired) electrons. The number of benzene rings is 2. The highest BCUT2D eigenvalue weighted by molar-refractivity contribution is 6.33. The minimum Gasteiger partial charge on any atom is -0.492 e. The van der Waals surface area contributed by atoms with Gasteiger partial charge in [0.1, 0.15) is 12.4 Å². The van der Waals surface area contributed by atoms with Gasteiger partial charge in [0.05, 0.1) is 0 Å². The molecule has 2 saturated heterocycles. The van der Waals surface area contributed by atoms with Gasteiger partial charge in [0.15, 0.2) is 0 Å². The first-order valence-corrected chi connectivity index (χ1v) is 14.1. The van der Waals surface area contributed by atoms with E-state index in [0.29, 0.717) is 11.9 Å². The average Bonchev–Trinajstić information content (AvgIpc) is 3.25. The summed E-state index contributed by atoms with van der Waals surface area (Å²) in [5.74, 6) is 1.36. The van der Waals surface area contributed by atoms with Crippen molar-refractivity contribution in [2.75, 3.05) is 32.8 Å². The van der Waals surface area contributed by atoms with Gasteiger partial charge in [0.25, 0.3) is 0 Å². The minimum absolute atomic E-state index is 0.0974. The van der Waals surface area contributed by atoms with Crippen LogP contribution in [0.15, 0.2) is 42.5 Å². The van der Waals surface area contributed by atoms with Crippen LogP contribution < -0.4 is 4.74 Å². The molecule has 2 aromatic rings. The van der Waals surface area contributed by atoms with Crippen molar-refractivity contribution in [3.8, 4) is 16.9 Å². The van der Waals surface area contributed by atoms with E-state index in [-0.39, 0.29) is 5.92 Å². The zero-order valence-corrected chi connectivity index (χ0v) is 21.6. The maximum absolute atomic E-state index is 13.1. The van der Waals surface area contributed by atoms with E-state index >= 15 is 0 Å². The quantitative estimate of drug-likeness (QED) is 0.414. The number of halogens is 1. The smallest absolute Gasteiger partial charge is 0.226 e. The first-order chi connectivity index (χ1) is 17.2. The van der Waals surface area contributed by atoms with Crippen molar-refractivity contribution in [2.24, 2.45) is 5.92 Å². The summed E-state index contributed by atoms with van der Waals surface area (Å²) in [6, 6.07) is 15.0. The number of rotatable bonds is 8. The van der Waals surface area contributed by atoms with Crippen LogP contribution in [0.25, 0.3) is 11.1 Å². The molecule has 1 unspecified atom stereocenters. The predicted molar refractivity (Wildman–Crippen MR) is 143 cm³/mol. The summed E-state index contributed by atoms with van der Waals surface area (Å²) in [5, 5.41) is 0.746. The molecule has 4 nitrogen and oxygen atoms in total. The maximum atomic E-state index is 13.1. The Morgan fingerprint density at radius 3 is 2.34 bits per heavy atom. The largest absolute Gasteiger partial charge is 0.492 e. The number of ether oxygens (including phenoxy) is 1. The van der Waals surface area contributed by atoms with Gasteiger partial charge >= 0.3 is 0 Å². The average molecular weight is 495 g/mol. The Balaban J connectivity index is 1.15. The van der Waals surface area contributed by atoms with Crippen LogP contribution in [-0.2, 0) is 11.2 Å². The van der Waals surface area contributed by atoms with Gasteiger partial charge in [-0.2, -0.15) is 0 Å². The second-order valence-electron chi connectivity index (χ2n) is 10.6. The molecule has 2 heterocycles. The SMILES string of the molecule is O=C1C(Cc2ccc(-c3ccc(OCCN4CCCCC4)cc3)c(Cl)c2)CCN1C1CCCCC1. The molecular weight excluding hydrogens is 456 g/mol. The number of amides is 1. The molecular formula is C30H39ClN2O2. The summed E-state index contributed by atoms with van der Waals surface area (Å²) in [4.78, 5) is 17.7. The normalized spacial score (nSPS) is 22.0. The number of hydrogen-bond acceptors (Lipinski definition) is 3. The molecule has 3 aliphatic rings. The summed E-state index contributed by atoms with van der Waals surface area (Å²) >= 11 is 6.71. The van der Waals surface area contributed by atoms with E-state index in [4.69, 9.17) is 16.3 Å². The molecule has 0 aromatic heterocycles. The number of likely N-dealkylation sites (tertiary alicyclic amines) is 2. The highest BCUT2D eigenvalue weighted by Crippen LogP contribution is 2.33. The van der Waals surface area contributed by atoms with Gasteiger partial charge in [0.2, 0.25) is 5.91 Å². The third-order valence-electron chi connectivity index (χ3n) is 8.17. The van der Waals surface area contributed by atoms with Crippen LogP contribution in [0.1, 0.15) is 63.4 Å². The Kier molecular flexibility index (Phi) is 8.31. The van der Waals surface area contributed by atoms with Crippen molar-refractivity contribution in [3.63, 3.8) is 0 Å². The predicted octanol–water partition coefficient (Wildman–Crippen LogP) is 6.60. The lowest BCUT2D eigenvalue weighted by atomic mass is 9.93. The number of carbonyl (C=O) groups is 1. The lowest BCUT2D eigenvalue weighted by molar-refractivity contribution is -0.133. The first-order valence-electron chi connectivity index (χ1n) is 13.7.